The number of rotatable bonds is 24. The summed E-state index contributed by atoms with van der Waals surface area (Å²) in [7, 11) is 0. The number of carbonyl (C=O) groups excluding carboxylic acids is 6. The first kappa shape index (κ1) is 40.7. The minimum Gasteiger partial charge on any atom is -0.481 e. The largest absolute Gasteiger partial charge is 0.481 e. The van der Waals surface area contributed by atoms with Crippen molar-refractivity contribution in [1.29, 1.82) is 0 Å². The van der Waals surface area contributed by atoms with Crippen LogP contribution in [0.4, 0.5) is 0 Å². The van der Waals surface area contributed by atoms with Gasteiger partial charge in [0.05, 0.1) is 19.4 Å². The van der Waals surface area contributed by atoms with Crippen molar-refractivity contribution in [2.45, 2.75) is 95.3 Å². The maximum atomic E-state index is 12.5. The number of aliphatic carboxylic acids is 4. The summed E-state index contributed by atoms with van der Waals surface area (Å²) in [5.74, 6) is -9.93. The molecule has 0 spiro atoms. The molecule has 4 unspecified atom stereocenters. The molecule has 0 bridgehead atoms. The van der Waals surface area contributed by atoms with E-state index in [1.807, 2.05) is 0 Å². The third kappa shape index (κ3) is 20.6. The molecule has 20 heteroatoms. The predicted octanol–water partition coefficient (Wildman–Crippen LogP) is -3.21. The van der Waals surface area contributed by atoms with Crippen LogP contribution in [0.15, 0.2) is 0 Å². The lowest BCUT2D eigenvalue weighted by molar-refractivity contribution is -0.142. The topological polar surface area (TPSA) is 338 Å². The molecule has 0 heterocycles. The Morgan fingerprint density at radius 3 is 1.28 bits per heavy atom. The number of nitrogens with one attached hydrogen (secondary N) is 5. The highest BCUT2D eigenvalue weighted by molar-refractivity contribution is 5.87. The number of nitrogens with two attached hydrogens (primary N) is 1. The molecule has 0 aliphatic heterocycles. The van der Waals surface area contributed by atoms with Crippen molar-refractivity contribution in [2.24, 2.45) is 5.73 Å². The second-order valence-corrected chi connectivity index (χ2v) is 10.2. The molecular weight excluding hydrogens is 620 g/mol. The van der Waals surface area contributed by atoms with E-state index >= 15 is 0 Å². The summed E-state index contributed by atoms with van der Waals surface area (Å²) in [6.45, 7) is 0.705. The number of hydrogen-bond donors (Lipinski definition) is 10. The van der Waals surface area contributed by atoms with Crippen LogP contribution in [0.5, 0.6) is 0 Å². The van der Waals surface area contributed by atoms with Crippen molar-refractivity contribution in [3.05, 3.63) is 0 Å². The number of carboxylic acids is 4. The van der Waals surface area contributed by atoms with Crippen LogP contribution in [-0.4, -0.2) is 110 Å². The second kappa shape index (κ2) is 21.4. The number of carbonyl (C=O) groups is 10. The van der Waals surface area contributed by atoms with Crippen molar-refractivity contribution in [1.82, 2.24) is 26.6 Å². The van der Waals surface area contributed by atoms with Gasteiger partial charge in [-0.25, -0.2) is 9.59 Å². The molecule has 0 saturated heterocycles. The third-order valence-corrected chi connectivity index (χ3v) is 6.10. The zero-order valence-corrected chi connectivity index (χ0v) is 25.0. The summed E-state index contributed by atoms with van der Waals surface area (Å²) < 4.78 is 0. The van der Waals surface area contributed by atoms with E-state index in [-0.39, 0.29) is 32.1 Å². The summed E-state index contributed by atoms with van der Waals surface area (Å²) in [5.41, 5.74) is 4.90. The molecule has 46 heavy (non-hydrogen) atoms. The van der Waals surface area contributed by atoms with Gasteiger partial charge in [0.1, 0.15) is 12.1 Å². The van der Waals surface area contributed by atoms with Gasteiger partial charge in [-0.3, -0.25) is 38.4 Å². The van der Waals surface area contributed by atoms with E-state index in [1.165, 1.54) is 0 Å². The predicted molar refractivity (Wildman–Crippen MR) is 152 cm³/mol. The Hall–Kier alpha value is -5.30. The highest BCUT2D eigenvalue weighted by Crippen LogP contribution is 2.08. The Labute approximate surface area is 262 Å². The lowest BCUT2D eigenvalue weighted by Crippen LogP contribution is -2.44. The van der Waals surface area contributed by atoms with Crippen LogP contribution in [0.3, 0.4) is 0 Å². The zero-order valence-electron chi connectivity index (χ0n) is 25.0. The van der Waals surface area contributed by atoms with Crippen molar-refractivity contribution in [3.8, 4) is 0 Å². The summed E-state index contributed by atoms with van der Waals surface area (Å²) in [5, 5.41) is 48.1. The van der Waals surface area contributed by atoms with Gasteiger partial charge in [-0.15, -0.1) is 0 Å². The first-order valence-corrected chi connectivity index (χ1v) is 14.0. The molecule has 11 N–H and O–H groups in total. The maximum Gasteiger partial charge on any atom is 0.326 e. The zero-order chi connectivity index (χ0) is 35.4. The molecular formula is C26H40N6O14. The van der Waals surface area contributed by atoms with Crippen LogP contribution in [0.2, 0.25) is 0 Å². The Balaban J connectivity index is 4.99. The van der Waals surface area contributed by atoms with Crippen LogP contribution in [0.1, 0.15) is 71.1 Å². The van der Waals surface area contributed by atoms with Crippen LogP contribution >= 0.6 is 0 Å². The Bertz CT molecular complexity index is 1140. The molecule has 0 aliphatic carbocycles. The molecule has 0 aliphatic rings. The molecule has 0 aromatic carbocycles. The van der Waals surface area contributed by atoms with E-state index in [1.54, 1.807) is 0 Å². The molecule has 258 valence electrons. The minimum atomic E-state index is -1.54. The molecule has 0 saturated carbocycles. The van der Waals surface area contributed by atoms with Crippen molar-refractivity contribution >= 4 is 59.3 Å². The normalized spacial score (nSPS) is 13.1. The van der Waals surface area contributed by atoms with Gasteiger partial charge in [-0.1, -0.05) is 0 Å². The third-order valence-electron chi connectivity index (χ3n) is 6.10. The molecule has 0 rings (SSSR count). The molecule has 0 fully saturated rings. The van der Waals surface area contributed by atoms with Gasteiger partial charge in [0.25, 0.3) is 0 Å². The lowest BCUT2D eigenvalue weighted by Gasteiger charge is -2.20. The van der Waals surface area contributed by atoms with E-state index in [0.717, 1.165) is 6.92 Å². The molecule has 20 nitrogen and oxygen atoms in total. The van der Waals surface area contributed by atoms with Gasteiger partial charge in [0.15, 0.2) is 0 Å². The highest BCUT2D eigenvalue weighted by Gasteiger charge is 2.25. The van der Waals surface area contributed by atoms with E-state index in [0.29, 0.717) is 0 Å². The number of amides is 6. The van der Waals surface area contributed by atoms with Gasteiger partial charge < -0.3 is 52.7 Å². The molecule has 0 aromatic heterocycles. The number of hydrogen-bond acceptors (Lipinski definition) is 10. The van der Waals surface area contributed by atoms with Crippen LogP contribution in [0.25, 0.3) is 0 Å². The summed E-state index contributed by atoms with van der Waals surface area (Å²) in [6, 6.07) is -5.02. The Morgan fingerprint density at radius 2 is 0.913 bits per heavy atom. The molecule has 4 atom stereocenters. The molecule has 6 amide bonds. The molecule has 0 aromatic rings. The quantitative estimate of drug-likeness (QED) is 0.0487. The fourth-order valence-electron chi connectivity index (χ4n) is 3.94. The first-order chi connectivity index (χ1) is 21.4. The highest BCUT2D eigenvalue weighted by atomic mass is 16.4. The smallest absolute Gasteiger partial charge is 0.326 e. The maximum absolute atomic E-state index is 12.5. The first-order valence-electron chi connectivity index (χ1n) is 14.0. The average molecular weight is 661 g/mol. The summed E-state index contributed by atoms with van der Waals surface area (Å²) in [4.78, 5) is 116. The van der Waals surface area contributed by atoms with E-state index in [4.69, 9.17) is 10.8 Å². The Morgan fingerprint density at radius 1 is 0.543 bits per heavy atom. The molecule has 0 radical (unpaired) electrons. The monoisotopic (exact) mass is 660 g/mol. The SMILES string of the molecule is CC(=O)NC(CCC(=O)NC(CCC(=O)NC(CCC(=O)NC(CCC(=O)NCC(N)=O)C(=O)O)CC(=O)O)C(=O)O)CC(=O)O. The van der Waals surface area contributed by atoms with Crippen molar-refractivity contribution in [2.75, 3.05) is 6.54 Å². The summed E-state index contributed by atoms with van der Waals surface area (Å²) in [6.07, 6.45) is -3.79. The average Bonchev–Trinajstić information content (AvgIpc) is 2.92. The Kier molecular flexibility index (Phi) is 18.9. The van der Waals surface area contributed by atoms with E-state index < -0.39 is 122 Å². The van der Waals surface area contributed by atoms with Gasteiger partial charge in [0, 0.05) is 44.7 Å². The van der Waals surface area contributed by atoms with E-state index in [9.17, 15) is 63.3 Å². The van der Waals surface area contributed by atoms with Gasteiger partial charge in [-0.2, -0.15) is 0 Å². The summed E-state index contributed by atoms with van der Waals surface area (Å²) >= 11 is 0. The fraction of sp³-hybridized carbons (Fsp3) is 0.615. The van der Waals surface area contributed by atoms with E-state index in [2.05, 4.69) is 26.6 Å². The fourth-order valence-corrected chi connectivity index (χ4v) is 3.94. The van der Waals surface area contributed by atoms with Crippen molar-refractivity contribution in [3.63, 3.8) is 0 Å². The lowest BCUT2D eigenvalue weighted by atomic mass is 10.0. The standard InChI is InChI=1S/C26H40N6O14/c1-13(33)29-14(10-23(39)40)2-6-21(37)32-17(26(45)46)5-9-20(36)30-15(11-24(41)42)3-7-22(38)31-16(25(43)44)4-8-19(35)28-12-18(27)34/h14-17H,2-12H2,1H3,(H2,27,34)(H,28,35)(H,29,33)(H,30,36)(H,31,38)(H,32,37)(H,39,40)(H,41,42)(H,43,44)(H,45,46). The minimum absolute atomic E-state index is 0.103. The van der Waals surface area contributed by atoms with Crippen LogP contribution < -0.4 is 32.3 Å². The second-order valence-electron chi connectivity index (χ2n) is 10.2. The van der Waals surface area contributed by atoms with Gasteiger partial charge in [-0.05, 0) is 25.7 Å². The van der Waals surface area contributed by atoms with Gasteiger partial charge >= 0.3 is 23.9 Å². The van der Waals surface area contributed by atoms with Gasteiger partial charge in [0.2, 0.25) is 35.4 Å². The number of carboxylic acid groups (broad SMARTS) is 4. The van der Waals surface area contributed by atoms with Crippen LogP contribution in [0, 0.1) is 0 Å². The van der Waals surface area contributed by atoms with Crippen LogP contribution in [-0.2, 0) is 47.9 Å². The number of primary amides is 1. The van der Waals surface area contributed by atoms with Crippen molar-refractivity contribution < 1.29 is 68.4 Å².